The zero-order chi connectivity index (χ0) is 16.9. The van der Waals surface area contributed by atoms with Crippen molar-refractivity contribution in [1.29, 1.82) is 0 Å². The van der Waals surface area contributed by atoms with Crippen molar-refractivity contribution < 1.29 is 4.79 Å². The van der Waals surface area contributed by atoms with Gasteiger partial charge in [0.25, 0.3) is 0 Å². The molecule has 2 N–H and O–H groups in total. The van der Waals surface area contributed by atoms with Gasteiger partial charge in [0.05, 0.1) is 11.7 Å². The third-order valence-corrected chi connectivity index (χ3v) is 3.66. The summed E-state index contributed by atoms with van der Waals surface area (Å²) in [5.74, 6) is 0. The van der Waals surface area contributed by atoms with Crippen LogP contribution >= 0.6 is 11.6 Å². The van der Waals surface area contributed by atoms with Gasteiger partial charge in [-0.2, -0.15) is 5.10 Å². The summed E-state index contributed by atoms with van der Waals surface area (Å²) in [4.78, 5) is 16.1. The number of hydrogen-bond donors (Lipinski definition) is 2. The van der Waals surface area contributed by atoms with Crippen LogP contribution in [0.2, 0.25) is 5.15 Å². The van der Waals surface area contributed by atoms with Crippen molar-refractivity contribution in [3.63, 3.8) is 0 Å². The van der Waals surface area contributed by atoms with E-state index in [0.717, 1.165) is 16.5 Å². The zero-order valence-corrected chi connectivity index (χ0v) is 13.7. The Labute approximate surface area is 144 Å². The molecule has 0 unspecified atom stereocenters. The maximum atomic E-state index is 11.8. The summed E-state index contributed by atoms with van der Waals surface area (Å²) in [5, 5.41) is 7.87. The molecule has 1 aromatic heterocycles. The first kappa shape index (κ1) is 16.0. The number of hydrazone groups is 1. The second-order valence-corrected chi connectivity index (χ2v) is 5.61. The van der Waals surface area contributed by atoms with Crippen LogP contribution in [0.1, 0.15) is 11.1 Å². The van der Waals surface area contributed by atoms with Crippen LogP contribution in [-0.4, -0.2) is 17.2 Å². The van der Waals surface area contributed by atoms with Crippen LogP contribution in [0.5, 0.6) is 0 Å². The molecule has 0 saturated carbocycles. The van der Waals surface area contributed by atoms with Gasteiger partial charge in [-0.25, -0.2) is 15.2 Å². The summed E-state index contributed by atoms with van der Waals surface area (Å²) in [6, 6.07) is 16.5. The fourth-order valence-corrected chi connectivity index (χ4v) is 2.40. The van der Waals surface area contributed by atoms with Gasteiger partial charge in [-0.3, -0.25) is 0 Å². The van der Waals surface area contributed by atoms with Gasteiger partial charge in [0.15, 0.2) is 0 Å². The van der Waals surface area contributed by atoms with E-state index in [2.05, 4.69) is 20.8 Å². The Morgan fingerprint density at radius 1 is 1.17 bits per heavy atom. The predicted octanol–water partition coefficient (Wildman–Crippen LogP) is 4.35. The third kappa shape index (κ3) is 3.88. The first-order valence-electron chi connectivity index (χ1n) is 7.34. The van der Waals surface area contributed by atoms with E-state index in [1.165, 1.54) is 6.21 Å². The van der Waals surface area contributed by atoms with Crippen molar-refractivity contribution in [1.82, 2.24) is 10.4 Å². The number of hydrogen-bond acceptors (Lipinski definition) is 3. The van der Waals surface area contributed by atoms with E-state index in [4.69, 9.17) is 11.6 Å². The topological polar surface area (TPSA) is 66.4 Å². The van der Waals surface area contributed by atoms with E-state index in [-0.39, 0.29) is 0 Å². The van der Waals surface area contributed by atoms with E-state index in [1.807, 2.05) is 49.4 Å². The standard InChI is InChI=1S/C18H15ClN4O/c1-12-7-8-13-10-14(17(19)22-16(13)9-12)11-20-23-18(24)21-15-5-3-2-4-6-15/h2-11H,1H3,(H2,21,23,24)/b20-11-. The Balaban J connectivity index is 1.70. The fourth-order valence-electron chi connectivity index (χ4n) is 2.20. The quantitative estimate of drug-likeness (QED) is 0.423. The molecule has 2 aromatic carbocycles. The van der Waals surface area contributed by atoms with E-state index in [0.29, 0.717) is 16.4 Å². The van der Waals surface area contributed by atoms with Crippen LogP contribution in [0.3, 0.4) is 0 Å². The van der Waals surface area contributed by atoms with Gasteiger partial charge in [0.2, 0.25) is 0 Å². The average Bonchev–Trinajstić information content (AvgIpc) is 2.56. The number of benzene rings is 2. The van der Waals surface area contributed by atoms with Crippen molar-refractivity contribution in [2.45, 2.75) is 6.92 Å². The number of pyridine rings is 1. The molecular formula is C18H15ClN4O. The minimum absolute atomic E-state index is 0.335. The number of anilines is 1. The van der Waals surface area contributed by atoms with Crippen molar-refractivity contribution in [2.24, 2.45) is 5.10 Å². The van der Waals surface area contributed by atoms with E-state index < -0.39 is 6.03 Å². The van der Waals surface area contributed by atoms with Crippen LogP contribution in [-0.2, 0) is 0 Å². The van der Waals surface area contributed by atoms with Gasteiger partial charge in [0, 0.05) is 16.6 Å². The molecule has 0 aliphatic carbocycles. The number of para-hydroxylation sites is 1. The predicted molar refractivity (Wildman–Crippen MR) is 97.7 cm³/mol. The van der Waals surface area contributed by atoms with Gasteiger partial charge in [-0.05, 0) is 36.8 Å². The number of aromatic nitrogens is 1. The molecule has 24 heavy (non-hydrogen) atoms. The number of fused-ring (bicyclic) bond motifs is 1. The highest BCUT2D eigenvalue weighted by Gasteiger charge is 2.04. The number of nitrogens with one attached hydrogen (secondary N) is 2. The number of aryl methyl sites for hydroxylation is 1. The molecule has 0 aliphatic heterocycles. The molecule has 5 nitrogen and oxygen atoms in total. The number of nitrogens with zero attached hydrogens (tertiary/aromatic N) is 2. The molecule has 0 fully saturated rings. The van der Waals surface area contributed by atoms with E-state index in [1.54, 1.807) is 12.1 Å². The Kier molecular flexibility index (Phi) is 4.72. The van der Waals surface area contributed by atoms with Gasteiger partial charge in [-0.15, -0.1) is 0 Å². The molecule has 2 amide bonds. The van der Waals surface area contributed by atoms with Gasteiger partial charge >= 0.3 is 6.03 Å². The van der Waals surface area contributed by atoms with Crippen LogP contribution in [0.25, 0.3) is 10.9 Å². The Bertz CT molecular complexity index is 910. The van der Waals surface area contributed by atoms with Gasteiger partial charge in [-0.1, -0.05) is 41.9 Å². The second kappa shape index (κ2) is 7.10. The fraction of sp³-hybridized carbons (Fsp3) is 0.0556. The maximum absolute atomic E-state index is 11.8. The minimum atomic E-state index is -0.432. The zero-order valence-electron chi connectivity index (χ0n) is 13.0. The summed E-state index contributed by atoms with van der Waals surface area (Å²) < 4.78 is 0. The summed E-state index contributed by atoms with van der Waals surface area (Å²) >= 11 is 6.17. The van der Waals surface area contributed by atoms with Crippen molar-refractivity contribution in [2.75, 3.05) is 5.32 Å². The molecule has 0 radical (unpaired) electrons. The molecular weight excluding hydrogens is 324 g/mol. The molecule has 3 rings (SSSR count). The van der Waals surface area contributed by atoms with Crippen LogP contribution < -0.4 is 10.7 Å². The SMILES string of the molecule is Cc1ccc2cc(/C=N\NC(=O)Nc3ccccc3)c(Cl)nc2c1. The van der Waals surface area contributed by atoms with Crippen LogP contribution in [0, 0.1) is 6.92 Å². The number of halogens is 1. The number of rotatable bonds is 3. The van der Waals surface area contributed by atoms with E-state index in [9.17, 15) is 4.79 Å². The largest absolute Gasteiger partial charge is 0.339 e. The number of carbonyl (C=O) groups excluding carboxylic acids is 1. The molecule has 0 saturated heterocycles. The Hall–Kier alpha value is -2.92. The van der Waals surface area contributed by atoms with Crippen molar-refractivity contribution in [3.05, 3.63) is 70.9 Å². The number of amides is 2. The molecule has 0 atom stereocenters. The highest BCUT2D eigenvalue weighted by molar-refractivity contribution is 6.32. The lowest BCUT2D eigenvalue weighted by molar-refractivity contribution is 0.252. The minimum Gasteiger partial charge on any atom is -0.307 e. The first-order chi connectivity index (χ1) is 11.6. The summed E-state index contributed by atoms with van der Waals surface area (Å²) in [5.41, 5.74) is 5.66. The summed E-state index contributed by atoms with van der Waals surface area (Å²) in [6.45, 7) is 2.00. The monoisotopic (exact) mass is 338 g/mol. The average molecular weight is 339 g/mol. The first-order valence-corrected chi connectivity index (χ1v) is 7.71. The summed E-state index contributed by atoms with van der Waals surface area (Å²) in [7, 11) is 0. The number of carbonyl (C=O) groups is 1. The second-order valence-electron chi connectivity index (χ2n) is 5.25. The van der Waals surface area contributed by atoms with Gasteiger partial charge in [0.1, 0.15) is 5.15 Å². The molecule has 120 valence electrons. The normalized spacial score (nSPS) is 10.9. The molecule has 0 spiro atoms. The molecule has 3 aromatic rings. The lowest BCUT2D eigenvalue weighted by Gasteiger charge is -2.04. The Morgan fingerprint density at radius 2 is 1.96 bits per heavy atom. The lowest BCUT2D eigenvalue weighted by Crippen LogP contribution is -2.24. The molecule has 6 heteroatoms. The van der Waals surface area contributed by atoms with Crippen LogP contribution in [0.4, 0.5) is 10.5 Å². The third-order valence-electron chi connectivity index (χ3n) is 3.36. The van der Waals surface area contributed by atoms with E-state index >= 15 is 0 Å². The smallest absolute Gasteiger partial charge is 0.307 e. The van der Waals surface area contributed by atoms with Gasteiger partial charge < -0.3 is 5.32 Å². The van der Waals surface area contributed by atoms with Crippen molar-refractivity contribution >= 4 is 40.4 Å². The molecule has 0 bridgehead atoms. The number of urea groups is 1. The summed E-state index contributed by atoms with van der Waals surface area (Å²) in [6.07, 6.45) is 1.47. The lowest BCUT2D eigenvalue weighted by atomic mass is 10.1. The van der Waals surface area contributed by atoms with Crippen LogP contribution in [0.15, 0.2) is 59.7 Å². The highest BCUT2D eigenvalue weighted by Crippen LogP contribution is 2.20. The maximum Gasteiger partial charge on any atom is 0.339 e. The van der Waals surface area contributed by atoms with Crippen molar-refractivity contribution in [3.8, 4) is 0 Å². The Morgan fingerprint density at radius 3 is 2.75 bits per heavy atom. The highest BCUT2D eigenvalue weighted by atomic mass is 35.5. The molecule has 1 heterocycles. The molecule has 0 aliphatic rings.